The van der Waals surface area contributed by atoms with Crippen molar-refractivity contribution in [3.8, 4) is 0 Å². The fraction of sp³-hybridized carbons (Fsp3) is 0.235. The van der Waals surface area contributed by atoms with Gasteiger partial charge in [0, 0.05) is 18.8 Å². The van der Waals surface area contributed by atoms with Crippen molar-refractivity contribution < 1.29 is 0 Å². The van der Waals surface area contributed by atoms with Crippen LogP contribution in [0.1, 0.15) is 19.4 Å². The van der Waals surface area contributed by atoms with Gasteiger partial charge < -0.3 is 4.90 Å². The first-order valence-electron chi connectivity index (χ1n) is 7.02. The van der Waals surface area contributed by atoms with Gasteiger partial charge in [0.05, 0.1) is 11.9 Å². The molecule has 2 rings (SSSR count). The third-order valence-corrected chi connectivity index (χ3v) is 3.20. The molecule has 0 heterocycles. The number of nitrogens with zero attached hydrogens (tertiary/aromatic N) is 2. The van der Waals surface area contributed by atoms with Crippen LogP contribution in [-0.4, -0.2) is 19.3 Å². The van der Waals surface area contributed by atoms with Crippen LogP contribution in [0.4, 0.5) is 11.4 Å². The summed E-state index contributed by atoms with van der Waals surface area (Å²) in [5.74, 6) is 0. The van der Waals surface area contributed by atoms with E-state index in [1.165, 1.54) is 5.69 Å². The van der Waals surface area contributed by atoms with Gasteiger partial charge in [-0.1, -0.05) is 30.3 Å². The molecule has 0 radical (unpaired) electrons. The van der Waals surface area contributed by atoms with Crippen LogP contribution in [0.2, 0.25) is 0 Å². The molecule has 0 fully saturated rings. The topological polar surface area (TPSA) is 27.6 Å². The molecule has 0 atom stereocenters. The van der Waals surface area contributed by atoms with Gasteiger partial charge in [-0.15, -0.1) is 0 Å². The first-order valence-corrected chi connectivity index (χ1v) is 7.02. The van der Waals surface area contributed by atoms with Gasteiger partial charge in [0.15, 0.2) is 0 Å². The molecule has 0 aliphatic rings. The molecule has 0 amide bonds. The van der Waals surface area contributed by atoms with Crippen LogP contribution in [-0.2, 0) is 0 Å². The van der Waals surface area contributed by atoms with Crippen molar-refractivity contribution in [1.82, 2.24) is 0 Å². The minimum Gasteiger partial charge on any atom is -0.372 e. The van der Waals surface area contributed by atoms with E-state index in [4.69, 9.17) is 0 Å². The lowest BCUT2D eigenvalue weighted by Gasteiger charge is -2.20. The Bertz CT molecular complexity index is 528. The van der Waals surface area contributed by atoms with Gasteiger partial charge in [-0.2, -0.15) is 5.10 Å². The molecular weight excluding hydrogens is 246 g/mol. The highest BCUT2D eigenvalue weighted by atomic mass is 15.3. The molecule has 0 bridgehead atoms. The van der Waals surface area contributed by atoms with Crippen LogP contribution in [0.5, 0.6) is 0 Å². The van der Waals surface area contributed by atoms with Crippen LogP contribution in [0.15, 0.2) is 59.7 Å². The van der Waals surface area contributed by atoms with Crippen molar-refractivity contribution >= 4 is 17.6 Å². The lowest BCUT2D eigenvalue weighted by Crippen LogP contribution is -2.21. The summed E-state index contributed by atoms with van der Waals surface area (Å²) in [5.41, 5.74) is 6.34. The lowest BCUT2D eigenvalue weighted by molar-refractivity contribution is 0.866. The van der Waals surface area contributed by atoms with E-state index < -0.39 is 0 Å². The minimum atomic E-state index is 0.989. The number of hydrogen-bond acceptors (Lipinski definition) is 3. The Morgan fingerprint density at radius 3 is 2.20 bits per heavy atom. The van der Waals surface area contributed by atoms with E-state index in [-0.39, 0.29) is 0 Å². The number of benzene rings is 2. The van der Waals surface area contributed by atoms with Gasteiger partial charge in [-0.3, -0.25) is 5.43 Å². The summed E-state index contributed by atoms with van der Waals surface area (Å²) in [7, 11) is 0. The number of para-hydroxylation sites is 1. The Labute approximate surface area is 120 Å². The van der Waals surface area contributed by atoms with Crippen molar-refractivity contribution in [2.24, 2.45) is 5.10 Å². The molecule has 0 unspecified atom stereocenters. The van der Waals surface area contributed by atoms with Gasteiger partial charge in [0.1, 0.15) is 0 Å². The highest BCUT2D eigenvalue weighted by molar-refractivity contribution is 5.81. The first kappa shape index (κ1) is 14.1. The lowest BCUT2D eigenvalue weighted by atomic mass is 10.2. The number of anilines is 2. The largest absolute Gasteiger partial charge is 0.372 e. The maximum absolute atomic E-state index is 4.24. The monoisotopic (exact) mass is 267 g/mol. The molecule has 2 aromatic carbocycles. The molecule has 20 heavy (non-hydrogen) atoms. The van der Waals surface area contributed by atoms with E-state index >= 15 is 0 Å². The zero-order valence-electron chi connectivity index (χ0n) is 12.1. The molecule has 3 heteroatoms. The van der Waals surface area contributed by atoms with E-state index in [0.717, 1.165) is 24.3 Å². The van der Waals surface area contributed by atoms with E-state index in [0.29, 0.717) is 0 Å². The maximum atomic E-state index is 4.24. The highest BCUT2D eigenvalue weighted by Crippen LogP contribution is 2.14. The van der Waals surface area contributed by atoms with E-state index in [1.54, 1.807) is 0 Å². The van der Waals surface area contributed by atoms with Crippen LogP contribution in [0, 0.1) is 0 Å². The minimum absolute atomic E-state index is 0.989. The fourth-order valence-electron chi connectivity index (χ4n) is 2.05. The zero-order chi connectivity index (χ0) is 14.2. The average Bonchev–Trinajstić information content (AvgIpc) is 2.51. The normalized spacial score (nSPS) is 10.7. The molecule has 0 saturated heterocycles. The van der Waals surface area contributed by atoms with Crippen LogP contribution in [0.3, 0.4) is 0 Å². The Balaban J connectivity index is 1.97. The molecule has 1 N–H and O–H groups in total. The summed E-state index contributed by atoms with van der Waals surface area (Å²) in [6.45, 7) is 6.39. The van der Waals surface area contributed by atoms with Gasteiger partial charge in [-0.25, -0.2) is 0 Å². The van der Waals surface area contributed by atoms with Crippen molar-refractivity contribution in [3.63, 3.8) is 0 Å². The van der Waals surface area contributed by atoms with Crippen molar-refractivity contribution in [2.75, 3.05) is 23.4 Å². The molecule has 0 aliphatic carbocycles. The predicted molar refractivity (Wildman–Crippen MR) is 87.7 cm³/mol. The van der Waals surface area contributed by atoms with Crippen LogP contribution < -0.4 is 10.3 Å². The molecule has 0 spiro atoms. The third kappa shape index (κ3) is 3.85. The molecule has 0 aliphatic heterocycles. The maximum Gasteiger partial charge on any atom is 0.0561 e. The van der Waals surface area contributed by atoms with Gasteiger partial charge >= 0.3 is 0 Å². The van der Waals surface area contributed by atoms with Crippen molar-refractivity contribution in [2.45, 2.75) is 13.8 Å². The molecule has 0 aromatic heterocycles. The smallest absolute Gasteiger partial charge is 0.0561 e. The molecule has 0 saturated carbocycles. The second-order valence-corrected chi connectivity index (χ2v) is 4.50. The SMILES string of the molecule is CCN(CC)c1ccc(C=NNc2ccccc2)cc1. The number of nitrogens with one attached hydrogen (secondary N) is 1. The first-order chi connectivity index (χ1) is 9.83. The summed E-state index contributed by atoms with van der Waals surface area (Å²) < 4.78 is 0. The summed E-state index contributed by atoms with van der Waals surface area (Å²) in [6.07, 6.45) is 1.83. The number of rotatable bonds is 6. The van der Waals surface area contributed by atoms with Crippen molar-refractivity contribution in [3.05, 3.63) is 60.2 Å². The Kier molecular flexibility index (Phi) is 5.18. The molecular formula is C17H21N3. The van der Waals surface area contributed by atoms with Crippen LogP contribution in [0.25, 0.3) is 0 Å². The quantitative estimate of drug-likeness (QED) is 0.633. The fourth-order valence-corrected chi connectivity index (χ4v) is 2.05. The second kappa shape index (κ2) is 7.34. The Morgan fingerprint density at radius 2 is 1.60 bits per heavy atom. The molecule has 3 nitrogen and oxygen atoms in total. The van der Waals surface area contributed by atoms with E-state index in [9.17, 15) is 0 Å². The summed E-state index contributed by atoms with van der Waals surface area (Å²) in [6, 6.07) is 18.4. The summed E-state index contributed by atoms with van der Waals surface area (Å²) >= 11 is 0. The summed E-state index contributed by atoms with van der Waals surface area (Å²) in [5, 5.41) is 4.24. The zero-order valence-corrected chi connectivity index (χ0v) is 12.1. The second-order valence-electron chi connectivity index (χ2n) is 4.50. The van der Waals surface area contributed by atoms with E-state index in [1.807, 2.05) is 36.5 Å². The van der Waals surface area contributed by atoms with Gasteiger partial charge in [-0.05, 0) is 43.7 Å². The third-order valence-electron chi connectivity index (χ3n) is 3.20. The Hall–Kier alpha value is -2.29. The highest BCUT2D eigenvalue weighted by Gasteiger charge is 2.00. The predicted octanol–water partition coefficient (Wildman–Crippen LogP) is 3.98. The van der Waals surface area contributed by atoms with E-state index in [2.05, 4.69) is 53.5 Å². The van der Waals surface area contributed by atoms with Gasteiger partial charge in [0.25, 0.3) is 0 Å². The molecule has 2 aromatic rings. The average molecular weight is 267 g/mol. The van der Waals surface area contributed by atoms with Crippen LogP contribution >= 0.6 is 0 Å². The number of hydrazone groups is 1. The number of hydrogen-bond donors (Lipinski definition) is 1. The molecule has 104 valence electrons. The standard InChI is InChI=1S/C17H21N3/c1-3-20(4-2)17-12-10-15(11-13-17)14-18-19-16-8-6-5-7-9-16/h5-14,19H,3-4H2,1-2H3. The van der Waals surface area contributed by atoms with Gasteiger partial charge in [0.2, 0.25) is 0 Å². The Morgan fingerprint density at radius 1 is 0.950 bits per heavy atom. The summed E-state index contributed by atoms with van der Waals surface area (Å²) in [4.78, 5) is 2.32. The van der Waals surface area contributed by atoms with Crippen molar-refractivity contribution in [1.29, 1.82) is 0 Å².